The number of rotatable bonds is 4. The standard InChI is InChI=1S/C26H22N2O5S/c27-14-18-5-4-17(12-24(18)29)21-2-1-3-23-22(21)10-11-25(23)33-20-8-6-16(7-9-20)19-13-26(30)28-34(31,32)15-19/h1-9,12,19,25,29H,10-11,13,15H2,(H,28,30)/t19?,25-/m1/s1. The molecule has 3 aromatic rings. The topological polar surface area (TPSA) is 116 Å². The van der Waals surface area contributed by atoms with Crippen LogP contribution < -0.4 is 9.46 Å². The smallest absolute Gasteiger partial charge is 0.235 e. The summed E-state index contributed by atoms with van der Waals surface area (Å²) in [5.74, 6) is -0.322. The number of nitrogens with one attached hydrogen (secondary N) is 1. The molecule has 2 N–H and O–H groups in total. The van der Waals surface area contributed by atoms with Crippen molar-refractivity contribution in [2.75, 3.05) is 5.75 Å². The number of phenolic OH excluding ortho intramolecular Hbond substituents is 1. The summed E-state index contributed by atoms with van der Waals surface area (Å²) in [6, 6.07) is 20.3. The first-order valence-electron chi connectivity index (χ1n) is 11.0. The van der Waals surface area contributed by atoms with E-state index in [-0.39, 0.29) is 35.5 Å². The lowest BCUT2D eigenvalue weighted by molar-refractivity contribution is -0.119. The molecule has 34 heavy (non-hydrogen) atoms. The highest BCUT2D eigenvalue weighted by Gasteiger charge is 2.31. The summed E-state index contributed by atoms with van der Waals surface area (Å²) in [6.45, 7) is 0. The maximum absolute atomic E-state index is 11.9. The number of sulfonamides is 1. The van der Waals surface area contributed by atoms with Gasteiger partial charge in [-0.05, 0) is 64.9 Å². The molecule has 7 nitrogen and oxygen atoms in total. The molecule has 1 saturated heterocycles. The highest BCUT2D eigenvalue weighted by atomic mass is 32.2. The number of fused-ring (bicyclic) bond motifs is 1. The monoisotopic (exact) mass is 474 g/mol. The van der Waals surface area contributed by atoms with E-state index >= 15 is 0 Å². The molecule has 2 atom stereocenters. The first-order valence-corrected chi connectivity index (χ1v) is 12.6. The minimum absolute atomic E-state index is 0.0354. The number of nitriles is 1. The Labute approximate surface area is 197 Å². The Balaban J connectivity index is 1.35. The molecular weight excluding hydrogens is 452 g/mol. The Morgan fingerprint density at radius 3 is 2.59 bits per heavy atom. The van der Waals surface area contributed by atoms with Crippen LogP contribution in [0, 0.1) is 11.3 Å². The molecule has 0 bridgehead atoms. The Bertz CT molecular complexity index is 1420. The fourth-order valence-electron chi connectivity index (χ4n) is 4.80. The first kappa shape index (κ1) is 22.0. The third kappa shape index (κ3) is 4.22. The van der Waals surface area contributed by atoms with Gasteiger partial charge in [0.05, 0.1) is 11.3 Å². The summed E-state index contributed by atoms with van der Waals surface area (Å²) in [4.78, 5) is 11.7. The highest BCUT2D eigenvalue weighted by molar-refractivity contribution is 7.90. The molecule has 1 fully saturated rings. The maximum atomic E-state index is 11.9. The van der Waals surface area contributed by atoms with Crippen molar-refractivity contribution in [3.05, 3.63) is 82.9 Å². The van der Waals surface area contributed by atoms with E-state index in [0.29, 0.717) is 5.75 Å². The predicted octanol–water partition coefficient (Wildman–Crippen LogP) is 3.93. The van der Waals surface area contributed by atoms with Gasteiger partial charge in [-0.25, -0.2) is 8.42 Å². The van der Waals surface area contributed by atoms with E-state index in [0.717, 1.165) is 40.7 Å². The number of phenols is 1. The second-order valence-corrected chi connectivity index (χ2v) is 10.4. The number of nitrogens with zero attached hydrogens (tertiary/aromatic N) is 1. The van der Waals surface area contributed by atoms with Crippen LogP contribution in [-0.4, -0.2) is 25.2 Å². The lowest BCUT2D eigenvalue weighted by Gasteiger charge is -2.23. The zero-order chi connectivity index (χ0) is 23.9. The van der Waals surface area contributed by atoms with Crippen LogP contribution in [0.1, 0.15) is 47.1 Å². The summed E-state index contributed by atoms with van der Waals surface area (Å²) in [5.41, 5.74) is 5.14. The molecule has 2 aliphatic rings. The van der Waals surface area contributed by atoms with Crippen LogP contribution >= 0.6 is 0 Å². The van der Waals surface area contributed by atoms with Gasteiger partial charge in [-0.15, -0.1) is 0 Å². The van der Waals surface area contributed by atoms with Gasteiger partial charge in [-0.2, -0.15) is 5.26 Å². The number of carbonyl (C=O) groups is 1. The maximum Gasteiger partial charge on any atom is 0.235 e. The van der Waals surface area contributed by atoms with Crippen molar-refractivity contribution in [2.45, 2.75) is 31.3 Å². The number of aromatic hydroxyl groups is 1. The number of hydrogen-bond acceptors (Lipinski definition) is 6. The summed E-state index contributed by atoms with van der Waals surface area (Å²) in [6.07, 6.45) is 1.64. The molecule has 3 aromatic carbocycles. The van der Waals surface area contributed by atoms with Gasteiger partial charge in [0, 0.05) is 12.3 Å². The largest absolute Gasteiger partial charge is 0.507 e. The molecule has 5 rings (SSSR count). The van der Waals surface area contributed by atoms with Crippen molar-refractivity contribution in [1.29, 1.82) is 5.26 Å². The number of amides is 1. The average Bonchev–Trinajstić information content (AvgIpc) is 3.21. The van der Waals surface area contributed by atoms with Gasteiger partial charge in [-0.1, -0.05) is 36.4 Å². The van der Waals surface area contributed by atoms with E-state index in [2.05, 4.69) is 0 Å². The molecule has 0 radical (unpaired) electrons. The van der Waals surface area contributed by atoms with Crippen LogP contribution in [-0.2, 0) is 21.2 Å². The lowest BCUT2D eigenvalue weighted by atomic mass is 9.95. The van der Waals surface area contributed by atoms with Crippen LogP contribution in [0.4, 0.5) is 0 Å². The van der Waals surface area contributed by atoms with Crippen molar-refractivity contribution in [3.8, 4) is 28.7 Å². The zero-order valence-electron chi connectivity index (χ0n) is 18.2. The van der Waals surface area contributed by atoms with E-state index < -0.39 is 15.9 Å². The van der Waals surface area contributed by atoms with E-state index in [1.165, 1.54) is 0 Å². The van der Waals surface area contributed by atoms with Gasteiger partial charge >= 0.3 is 0 Å². The van der Waals surface area contributed by atoms with Gasteiger partial charge in [-0.3, -0.25) is 9.52 Å². The van der Waals surface area contributed by atoms with E-state index in [1.54, 1.807) is 12.1 Å². The molecule has 1 aliphatic heterocycles. The number of hydrogen-bond donors (Lipinski definition) is 2. The predicted molar refractivity (Wildman–Crippen MR) is 126 cm³/mol. The molecule has 1 amide bonds. The Kier molecular flexibility index (Phi) is 5.50. The molecule has 8 heteroatoms. The second-order valence-electron chi connectivity index (χ2n) is 8.64. The molecular formula is C26H22N2O5S. The third-order valence-electron chi connectivity index (χ3n) is 6.40. The summed E-state index contributed by atoms with van der Waals surface area (Å²) in [7, 11) is -3.59. The zero-order valence-corrected chi connectivity index (χ0v) is 19.0. The van der Waals surface area contributed by atoms with Crippen molar-refractivity contribution < 1.29 is 23.1 Å². The Hall–Kier alpha value is -3.83. The number of carbonyl (C=O) groups excluding carboxylic acids is 1. The fourth-order valence-corrected chi connectivity index (χ4v) is 6.16. The second kappa shape index (κ2) is 8.50. The van der Waals surface area contributed by atoms with Crippen LogP contribution in [0.2, 0.25) is 0 Å². The molecule has 1 heterocycles. The minimum Gasteiger partial charge on any atom is -0.507 e. The molecule has 172 valence electrons. The molecule has 0 spiro atoms. The van der Waals surface area contributed by atoms with Crippen molar-refractivity contribution in [1.82, 2.24) is 4.72 Å². The van der Waals surface area contributed by atoms with Crippen LogP contribution in [0.15, 0.2) is 60.7 Å². The normalized spacial score (nSPS) is 20.7. The fraction of sp³-hybridized carbons (Fsp3) is 0.231. The highest BCUT2D eigenvalue weighted by Crippen LogP contribution is 2.41. The van der Waals surface area contributed by atoms with E-state index in [1.807, 2.05) is 59.3 Å². The van der Waals surface area contributed by atoms with Gasteiger partial charge in [0.15, 0.2) is 0 Å². The number of benzene rings is 3. The molecule has 0 saturated carbocycles. The van der Waals surface area contributed by atoms with Gasteiger partial charge in [0.25, 0.3) is 0 Å². The quantitative estimate of drug-likeness (QED) is 0.592. The minimum atomic E-state index is -3.59. The first-order chi connectivity index (χ1) is 16.3. The average molecular weight is 475 g/mol. The van der Waals surface area contributed by atoms with Crippen molar-refractivity contribution in [3.63, 3.8) is 0 Å². The van der Waals surface area contributed by atoms with E-state index in [4.69, 9.17) is 10.00 Å². The van der Waals surface area contributed by atoms with Gasteiger partial charge < -0.3 is 9.84 Å². The van der Waals surface area contributed by atoms with Gasteiger partial charge in [0.1, 0.15) is 23.7 Å². The summed E-state index contributed by atoms with van der Waals surface area (Å²) < 4.78 is 32.0. The Morgan fingerprint density at radius 2 is 1.88 bits per heavy atom. The summed E-state index contributed by atoms with van der Waals surface area (Å²) in [5, 5.41) is 19.2. The van der Waals surface area contributed by atoms with E-state index in [9.17, 15) is 18.3 Å². The number of ether oxygens (including phenoxy) is 1. The third-order valence-corrected chi connectivity index (χ3v) is 7.78. The van der Waals surface area contributed by atoms with Crippen LogP contribution in [0.25, 0.3) is 11.1 Å². The van der Waals surface area contributed by atoms with Crippen molar-refractivity contribution >= 4 is 15.9 Å². The van der Waals surface area contributed by atoms with Crippen molar-refractivity contribution in [2.24, 2.45) is 0 Å². The molecule has 0 aromatic heterocycles. The molecule has 1 aliphatic carbocycles. The van der Waals surface area contributed by atoms with Gasteiger partial charge in [0.2, 0.25) is 15.9 Å². The summed E-state index contributed by atoms with van der Waals surface area (Å²) >= 11 is 0. The van der Waals surface area contributed by atoms with Crippen LogP contribution in [0.5, 0.6) is 11.5 Å². The van der Waals surface area contributed by atoms with Crippen LogP contribution in [0.3, 0.4) is 0 Å². The Morgan fingerprint density at radius 1 is 1.09 bits per heavy atom. The SMILES string of the molecule is N#Cc1ccc(-c2cccc3c2CC[C@H]3Oc2ccc(C3CC(=O)NS(=O)(=O)C3)cc2)cc1O. The molecule has 1 unspecified atom stereocenters. The lowest BCUT2D eigenvalue weighted by Crippen LogP contribution is -2.40.